The first-order valence-electron chi connectivity index (χ1n) is 11.9. The first kappa shape index (κ1) is 24.6. The number of aromatic nitrogens is 1. The Morgan fingerprint density at radius 3 is 2.54 bits per heavy atom. The number of alkyl halides is 3. The Hall–Kier alpha value is -4.04. The average molecular weight is 506 g/mol. The number of furan rings is 1. The monoisotopic (exact) mass is 505 g/mol. The van der Waals surface area contributed by atoms with Crippen molar-refractivity contribution in [3.63, 3.8) is 0 Å². The molecule has 0 fully saturated rings. The summed E-state index contributed by atoms with van der Waals surface area (Å²) in [6.07, 6.45) is -2.21. The number of halogens is 3. The van der Waals surface area contributed by atoms with Gasteiger partial charge in [0.1, 0.15) is 11.3 Å². The van der Waals surface area contributed by atoms with Gasteiger partial charge in [-0.2, -0.15) is 13.2 Å². The fourth-order valence-corrected chi connectivity index (χ4v) is 4.52. The summed E-state index contributed by atoms with van der Waals surface area (Å²) >= 11 is 0. The van der Waals surface area contributed by atoms with Gasteiger partial charge < -0.3 is 14.7 Å². The highest BCUT2D eigenvalue weighted by molar-refractivity contribution is 5.89. The van der Waals surface area contributed by atoms with E-state index in [0.29, 0.717) is 24.3 Å². The van der Waals surface area contributed by atoms with Crippen LogP contribution in [-0.4, -0.2) is 16.4 Å². The number of hydrogen-bond donors (Lipinski definition) is 3. The molecule has 5 aromatic rings. The second-order valence-corrected chi connectivity index (χ2v) is 9.35. The third-order valence-electron chi connectivity index (χ3n) is 6.56. The Bertz CT molecular complexity index is 1520. The molecule has 0 aliphatic rings. The number of nitrogens with one attached hydrogen (secondary N) is 3. The van der Waals surface area contributed by atoms with Crippen LogP contribution in [0.3, 0.4) is 0 Å². The Kier molecular flexibility index (Phi) is 6.52. The van der Waals surface area contributed by atoms with Crippen molar-refractivity contribution in [1.82, 2.24) is 15.6 Å². The van der Waals surface area contributed by atoms with Crippen LogP contribution in [0.15, 0.2) is 89.5 Å². The molecule has 8 heteroatoms. The van der Waals surface area contributed by atoms with Crippen LogP contribution in [0, 0.1) is 0 Å². The minimum absolute atomic E-state index is 0.0292. The fraction of sp³-hybridized carbons (Fsp3) is 0.207. The van der Waals surface area contributed by atoms with Crippen molar-refractivity contribution in [2.45, 2.75) is 38.1 Å². The molecule has 0 aliphatic heterocycles. The number of amides is 1. The summed E-state index contributed by atoms with van der Waals surface area (Å²) in [7, 11) is 0. The Labute approximate surface area is 211 Å². The zero-order valence-electron chi connectivity index (χ0n) is 20.2. The molecule has 0 bridgehead atoms. The van der Waals surface area contributed by atoms with Crippen molar-refractivity contribution >= 4 is 27.8 Å². The molecule has 0 saturated heterocycles. The van der Waals surface area contributed by atoms with Gasteiger partial charge in [0.2, 0.25) is 5.91 Å². The van der Waals surface area contributed by atoms with E-state index in [1.165, 1.54) is 6.07 Å². The van der Waals surface area contributed by atoms with E-state index in [-0.39, 0.29) is 12.5 Å². The number of carbonyl (C=O) groups excluding carboxylic acids is 1. The van der Waals surface area contributed by atoms with Crippen molar-refractivity contribution in [1.29, 1.82) is 0 Å². The molecule has 3 N–H and O–H groups in total. The Balaban J connectivity index is 1.38. The molecule has 0 radical (unpaired) electrons. The van der Waals surface area contributed by atoms with E-state index in [1.807, 2.05) is 60.8 Å². The first-order valence-corrected chi connectivity index (χ1v) is 11.9. The lowest BCUT2D eigenvalue weighted by Gasteiger charge is -2.29. The van der Waals surface area contributed by atoms with Crippen LogP contribution in [0.4, 0.5) is 13.2 Å². The number of aromatic amines is 1. The van der Waals surface area contributed by atoms with Gasteiger partial charge in [-0.15, -0.1) is 0 Å². The van der Waals surface area contributed by atoms with E-state index in [2.05, 4.69) is 15.6 Å². The summed E-state index contributed by atoms with van der Waals surface area (Å²) in [6.45, 7) is 2.06. The van der Waals surface area contributed by atoms with Crippen LogP contribution in [0.5, 0.6) is 0 Å². The molecule has 1 atom stereocenters. The SMILES string of the molecule is CC(Cc1c[nH]c2ccccc12)(NCc1cc2ccccc2o1)C(=O)NCc1cccc(C(F)(F)F)c1. The highest BCUT2D eigenvalue weighted by atomic mass is 19.4. The van der Waals surface area contributed by atoms with E-state index < -0.39 is 17.3 Å². The van der Waals surface area contributed by atoms with Gasteiger partial charge in [-0.1, -0.05) is 48.5 Å². The molecule has 2 aromatic heterocycles. The molecule has 0 aliphatic carbocycles. The summed E-state index contributed by atoms with van der Waals surface area (Å²) < 4.78 is 45.3. The molecule has 5 nitrogen and oxygen atoms in total. The first-order chi connectivity index (χ1) is 17.7. The number of carbonyl (C=O) groups is 1. The standard InChI is InChI=1S/C29H26F3N3O2/c1-28(15-21-17-33-25-11-4-3-10-24(21)25,35-18-23-14-20-8-2-5-12-26(20)37-23)27(36)34-16-19-7-6-9-22(13-19)29(30,31)32/h2-14,17,33,35H,15-16,18H2,1H3,(H,34,36). The second-order valence-electron chi connectivity index (χ2n) is 9.35. The molecule has 1 amide bonds. The zero-order chi connectivity index (χ0) is 26.0. The maximum atomic E-state index is 13.5. The minimum Gasteiger partial charge on any atom is -0.460 e. The molecule has 190 valence electrons. The number of hydrogen-bond acceptors (Lipinski definition) is 3. The van der Waals surface area contributed by atoms with Crippen LogP contribution >= 0.6 is 0 Å². The molecule has 0 saturated carbocycles. The number of benzene rings is 3. The van der Waals surface area contributed by atoms with E-state index >= 15 is 0 Å². The Morgan fingerprint density at radius 2 is 1.73 bits per heavy atom. The van der Waals surface area contributed by atoms with Gasteiger partial charge in [-0.25, -0.2) is 0 Å². The summed E-state index contributed by atoms with van der Waals surface area (Å²) in [4.78, 5) is 16.8. The lowest BCUT2D eigenvalue weighted by Crippen LogP contribution is -2.55. The summed E-state index contributed by atoms with van der Waals surface area (Å²) in [5, 5.41) is 8.15. The predicted molar refractivity (Wildman–Crippen MR) is 137 cm³/mol. The highest BCUT2D eigenvalue weighted by Crippen LogP contribution is 2.30. The average Bonchev–Trinajstić information content (AvgIpc) is 3.49. The normalized spacial score (nSPS) is 13.6. The lowest BCUT2D eigenvalue weighted by atomic mass is 9.91. The quantitative estimate of drug-likeness (QED) is 0.231. The molecular formula is C29H26F3N3O2. The van der Waals surface area contributed by atoms with Crippen LogP contribution in [0.1, 0.15) is 29.4 Å². The van der Waals surface area contributed by atoms with Crippen molar-refractivity contribution in [2.24, 2.45) is 0 Å². The van der Waals surface area contributed by atoms with Crippen LogP contribution in [0.2, 0.25) is 0 Å². The summed E-state index contributed by atoms with van der Waals surface area (Å²) in [6, 6.07) is 22.4. The summed E-state index contributed by atoms with van der Waals surface area (Å²) in [5.41, 5.74) is 1.21. The molecular weight excluding hydrogens is 479 g/mol. The maximum absolute atomic E-state index is 13.5. The zero-order valence-corrected chi connectivity index (χ0v) is 20.2. The van der Waals surface area contributed by atoms with E-state index in [1.54, 1.807) is 13.0 Å². The largest absolute Gasteiger partial charge is 0.460 e. The van der Waals surface area contributed by atoms with Gasteiger partial charge in [0.15, 0.2) is 0 Å². The van der Waals surface area contributed by atoms with Crippen LogP contribution in [0.25, 0.3) is 21.9 Å². The van der Waals surface area contributed by atoms with Crippen LogP contribution < -0.4 is 10.6 Å². The number of rotatable bonds is 8. The van der Waals surface area contributed by atoms with E-state index in [4.69, 9.17) is 4.42 Å². The number of H-pyrrole nitrogens is 1. The Morgan fingerprint density at radius 1 is 0.946 bits per heavy atom. The molecule has 3 aromatic carbocycles. The molecule has 5 rings (SSSR count). The van der Waals surface area contributed by atoms with Gasteiger partial charge >= 0.3 is 6.18 Å². The predicted octanol–water partition coefficient (Wildman–Crippen LogP) is 6.34. The van der Waals surface area contributed by atoms with Gasteiger partial charge in [0.25, 0.3) is 0 Å². The third kappa shape index (κ3) is 5.39. The van der Waals surface area contributed by atoms with Crippen molar-refractivity contribution < 1.29 is 22.4 Å². The van der Waals surface area contributed by atoms with Gasteiger partial charge in [-0.3, -0.25) is 10.1 Å². The minimum atomic E-state index is -4.45. The van der Waals surface area contributed by atoms with Crippen molar-refractivity contribution in [2.75, 3.05) is 0 Å². The maximum Gasteiger partial charge on any atom is 0.416 e. The molecule has 1 unspecified atom stereocenters. The fourth-order valence-electron chi connectivity index (χ4n) is 4.52. The van der Waals surface area contributed by atoms with Crippen molar-refractivity contribution in [3.05, 3.63) is 108 Å². The molecule has 37 heavy (non-hydrogen) atoms. The van der Waals surface area contributed by atoms with Gasteiger partial charge in [-0.05, 0) is 48.4 Å². The topological polar surface area (TPSA) is 70.1 Å². The van der Waals surface area contributed by atoms with Crippen molar-refractivity contribution in [3.8, 4) is 0 Å². The second kappa shape index (κ2) is 9.78. The van der Waals surface area contributed by atoms with Gasteiger partial charge in [0.05, 0.1) is 17.6 Å². The van der Waals surface area contributed by atoms with Gasteiger partial charge in [0, 0.05) is 35.5 Å². The molecule has 2 heterocycles. The molecule has 0 spiro atoms. The van der Waals surface area contributed by atoms with E-state index in [9.17, 15) is 18.0 Å². The third-order valence-corrected chi connectivity index (χ3v) is 6.56. The lowest BCUT2D eigenvalue weighted by molar-refractivity contribution is -0.137. The number of para-hydroxylation sites is 2. The highest BCUT2D eigenvalue weighted by Gasteiger charge is 2.34. The number of fused-ring (bicyclic) bond motifs is 2. The smallest absolute Gasteiger partial charge is 0.416 e. The van der Waals surface area contributed by atoms with E-state index in [0.717, 1.165) is 39.6 Å². The summed E-state index contributed by atoms with van der Waals surface area (Å²) in [5.74, 6) is 0.350. The van der Waals surface area contributed by atoms with Crippen LogP contribution in [-0.2, 0) is 30.5 Å².